The topological polar surface area (TPSA) is 92.9 Å². The Balaban J connectivity index is 1.53. The number of nitrogens with zero attached hydrogens (tertiary/aromatic N) is 1. The molecule has 2 N–H and O–H groups in total. The number of benzene rings is 1. The summed E-state index contributed by atoms with van der Waals surface area (Å²) in [4.78, 5) is 32.3. The normalized spacial score (nSPS) is 26.2. The van der Waals surface area contributed by atoms with Crippen LogP contribution in [0, 0.1) is 0 Å². The first-order valence-corrected chi connectivity index (χ1v) is 12.8. The van der Waals surface area contributed by atoms with Gasteiger partial charge in [-0.3, -0.25) is 15.0 Å². The molecule has 1 aromatic heterocycles. The van der Waals surface area contributed by atoms with Crippen molar-refractivity contribution in [2.45, 2.75) is 43.3 Å². The van der Waals surface area contributed by atoms with E-state index in [-0.39, 0.29) is 12.7 Å². The third-order valence-electron chi connectivity index (χ3n) is 6.81. The van der Waals surface area contributed by atoms with Crippen LogP contribution in [-0.4, -0.2) is 71.6 Å². The molecule has 5 rings (SSSR count). The number of carbonyl (C=O) groups excluding carboxylic acids is 2. The fourth-order valence-corrected chi connectivity index (χ4v) is 5.62. The van der Waals surface area contributed by atoms with Gasteiger partial charge in [-0.15, -0.1) is 0 Å². The van der Waals surface area contributed by atoms with Gasteiger partial charge in [0.05, 0.1) is 13.2 Å². The number of hydrogen-bond acceptors (Lipinski definition) is 7. The molecule has 0 bridgehead atoms. The average Bonchev–Trinajstić information content (AvgIpc) is 3.47. The van der Waals surface area contributed by atoms with Gasteiger partial charge in [0.1, 0.15) is 12.1 Å². The smallest absolute Gasteiger partial charge is 0.328 e. The van der Waals surface area contributed by atoms with Gasteiger partial charge in [0.2, 0.25) is 5.91 Å². The fourth-order valence-electron chi connectivity index (χ4n) is 5.16. The van der Waals surface area contributed by atoms with E-state index >= 15 is 0 Å². The summed E-state index contributed by atoms with van der Waals surface area (Å²) >= 11 is 1.62. The second-order valence-electron chi connectivity index (χ2n) is 8.64. The maximum absolute atomic E-state index is 14.3. The summed E-state index contributed by atoms with van der Waals surface area (Å²) in [5.74, 6) is 0.0236. The molecule has 0 radical (unpaired) electrons. The minimum Gasteiger partial charge on any atom is -0.467 e. The second-order valence-corrected chi connectivity index (χ2v) is 9.62. The SMILES string of the molecule is COC(=O)[C@H](CCSC)N(C(=O)[C@@H]1Cc2c([nH]c3ccccc23)CN1)[C@]12C=CC=CC1OCO2. The molecule has 2 aliphatic heterocycles. The summed E-state index contributed by atoms with van der Waals surface area (Å²) < 4.78 is 17.1. The van der Waals surface area contributed by atoms with E-state index in [0.717, 1.165) is 22.2 Å². The number of para-hydroxylation sites is 1. The van der Waals surface area contributed by atoms with Gasteiger partial charge in [0.25, 0.3) is 0 Å². The first kappa shape index (κ1) is 23.2. The minimum absolute atomic E-state index is 0.0320. The molecule has 180 valence electrons. The molecule has 1 aliphatic carbocycles. The Kier molecular flexibility index (Phi) is 6.52. The van der Waals surface area contributed by atoms with E-state index in [1.807, 2.05) is 48.8 Å². The lowest BCUT2D eigenvalue weighted by Crippen LogP contribution is -2.66. The molecule has 0 spiro atoms. The van der Waals surface area contributed by atoms with Gasteiger partial charge in [0, 0.05) is 23.1 Å². The number of carbonyl (C=O) groups is 2. The lowest BCUT2D eigenvalue weighted by atomic mass is 9.92. The highest BCUT2D eigenvalue weighted by Crippen LogP contribution is 2.38. The number of methoxy groups -OCH3 is 1. The predicted molar refractivity (Wildman–Crippen MR) is 130 cm³/mol. The maximum atomic E-state index is 14.3. The molecule has 3 aliphatic rings. The molecule has 1 amide bonds. The van der Waals surface area contributed by atoms with Crippen LogP contribution in [0.15, 0.2) is 48.6 Å². The first-order valence-electron chi connectivity index (χ1n) is 11.4. The molecule has 1 fully saturated rings. The fraction of sp³-hybridized carbons (Fsp3) is 0.440. The molecule has 1 unspecified atom stereocenters. The number of aromatic nitrogens is 1. The lowest BCUT2D eigenvalue weighted by molar-refractivity contribution is -0.175. The molecule has 34 heavy (non-hydrogen) atoms. The van der Waals surface area contributed by atoms with Crippen molar-refractivity contribution in [2.24, 2.45) is 0 Å². The van der Waals surface area contributed by atoms with Crippen molar-refractivity contribution in [2.75, 3.05) is 25.9 Å². The van der Waals surface area contributed by atoms with Crippen molar-refractivity contribution in [3.8, 4) is 0 Å². The number of nitrogens with one attached hydrogen (secondary N) is 2. The maximum Gasteiger partial charge on any atom is 0.328 e. The van der Waals surface area contributed by atoms with Crippen LogP contribution in [0.25, 0.3) is 10.9 Å². The summed E-state index contributed by atoms with van der Waals surface area (Å²) in [7, 11) is 1.35. The second kappa shape index (κ2) is 9.58. The van der Waals surface area contributed by atoms with E-state index in [0.29, 0.717) is 25.1 Å². The van der Waals surface area contributed by atoms with Crippen molar-refractivity contribution < 1.29 is 23.8 Å². The van der Waals surface area contributed by atoms with Crippen LogP contribution in [0.4, 0.5) is 0 Å². The standard InChI is InChI=1S/C25H29N3O5S/c1-31-24(30)21(10-12-34-2)28(25-11-6-5-9-22(25)32-15-33-25)23(29)19-13-17-16-7-3-4-8-18(16)27-20(17)14-26-19/h3-9,11,19,21-22,26-27H,10,12-15H2,1-2H3/t19-,21-,22?,25-/m0/s1. The first-order chi connectivity index (χ1) is 16.6. The van der Waals surface area contributed by atoms with Gasteiger partial charge in [-0.1, -0.05) is 36.4 Å². The van der Waals surface area contributed by atoms with Crippen LogP contribution >= 0.6 is 11.8 Å². The van der Waals surface area contributed by atoms with E-state index in [1.54, 1.807) is 16.7 Å². The molecule has 2 aromatic rings. The van der Waals surface area contributed by atoms with E-state index in [2.05, 4.69) is 16.4 Å². The van der Waals surface area contributed by atoms with Crippen LogP contribution in [0.3, 0.4) is 0 Å². The highest BCUT2D eigenvalue weighted by Gasteiger charge is 2.55. The van der Waals surface area contributed by atoms with Crippen LogP contribution < -0.4 is 5.32 Å². The summed E-state index contributed by atoms with van der Waals surface area (Å²) in [6, 6.07) is 6.78. The van der Waals surface area contributed by atoms with Crippen LogP contribution in [0.2, 0.25) is 0 Å². The molecule has 4 atom stereocenters. The monoisotopic (exact) mass is 483 g/mol. The number of esters is 1. The molecule has 1 aromatic carbocycles. The van der Waals surface area contributed by atoms with Crippen molar-refractivity contribution in [3.05, 3.63) is 59.8 Å². The molecule has 9 heteroatoms. The third kappa shape index (κ3) is 3.86. The van der Waals surface area contributed by atoms with Gasteiger partial charge in [-0.25, -0.2) is 4.79 Å². The minimum atomic E-state index is -1.20. The molecule has 3 heterocycles. The number of H-pyrrole nitrogens is 1. The highest BCUT2D eigenvalue weighted by molar-refractivity contribution is 7.98. The molecule has 8 nitrogen and oxygen atoms in total. The van der Waals surface area contributed by atoms with E-state index in [9.17, 15) is 9.59 Å². The summed E-state index contributed by atoms with van der Waals surface area (Å²) in [6.45, 7) is 0.565. The molecular weight excluding hydrogens is 454 g/mol. The van der Waals surface area contributed by atoms with Gasteiger partial charge in [0.15, 0.2) is 12.5 Å². The quantitative estimate of drug-likeness (QED) is 0.585. The van der Waals surface area contributed by atoms with Crippen molar-refractivity contribution in [1.82, 2.24) is 15.2 Å². The Morgan fingerprint density at radius 1 is 1.32 bits per heavy atom. The van der Waals surface area contributed by atoms with Crippen LogP contribution in [-0.2, 0) is 36.8 Å². The van der Waals surface area contributed by atoms with Crippen molar-refractivity contribution >= 4 is 34.5 Å². The van der Waals surface area contributed by atoms with Gasteiger partial charge in [-0.05, 0) is 42.6 Å². The van der Waals surface area contributed by atoms with Gasteiger partial charge >= 0.3 is 5.97 Å². The number of allylic oxidation sites excluding steroid dienone is 2. The zero-order chi connectivity index (χ0) is 23.7. The van der Waals surface area contributed by atoms with E-state index in [1.165, 1.54) is 7.11 Å². The predicted octanol–water partition coefficient (Wildman–Crippen LogP) is 2.50. The average molecular weight is 484 g/mol. The summed E-state index contributed by atoms with van der Waals surface area (Å²) in [6.07, 6.45) is 9.80. The Morgan fingerprint density at radius 2 is 2.18 bits per heavy atom. The van der Waals surface area contributed by atoms with Crippen molar-refractivity contribution in [1.29, 1.82) is 0 Å². The number of thioether (sulfide) groups is 1. The Morgan fingerprint density at radius 3 is 3.00 bits per heavy atom. The zero-order valence-corrected chi connectivity index (χ0v) is 20.1. The molecule has 0 saturated carbocycles. The third-order valence-corrected chi connectivity index (χ3v) is 7.45. The van der Waals surface area contributed by atoms with Crippen LogP contribution in [0.1, 0.15) is 17.7 Å². The van der Waals surface area contributed by atoms with Crippen molar-refractivity contribution in [3.63, 3.8) is 0 Å². The summed E-state index contributed by atoms with van der Waals surface area (Å²) in [5, 5.41) is 4.50. The molecule has 1 saturated heterocycles. The van der Waals surface area contributed by atoms with Gasteiger partial charge < -0.3 is 19.2 Å². The Bertz CT molecular complexity index is 1140. The van der Waals surface area contributed by atoms with E-state index in [4.69, 9.17) is 14.2 Å². The number of aromatic amines is 1. The number of amides is 1. The largest absolute Gasteiger partial charge is 0.467 e. The number of hydrogen-bond donors (Lipinski definition) is 2. The molecular formula is C25H29N3O5S. The number of fused-ring (bicyclic) bond motifs is 4. The number of rotatable bonds is 7. The lowest BCUT2D eigenvalue weighted by Gasteiger charge is -2.45. The summed E-state index contributed by atoms with van der Waals surface area (Å²) in [5.41, 5.74) is 2.06. The zero-order valence-electron chi connectivity index (χ0n) is 19.3. The highest BCUT2D eigenvalue weighted by atomic mass is 32.2. The van der Waals surface area contributed by atoms with E-state index < -0.39 is 29.9 Å². The number of ether oxygens (including phenoxy) is 3. The Labute approximate surface area is 202 Å². The van der Waals surface area contributed by atoms with Crippen LogP contribution in [0.5, 0.6) is 0 Å². The van der Waals surface area contributed by atoms with Gasteiger partial charge in [-0.2, -0.15) is 11.8 Å². The Hall–Kier alpha value is -2.59.